The average Bonchev–Trinajstić information content (AvgIpc) is 2.06. The van der Waals surface area contributed by atoms with E-state index in [1.807, 2.05) is 0 Å². The van der Waals surface area contributed by atoms with Gasteiger partial charge in [0.05, 0.1) is 13.2 Å². The van der Waals surface area contributed by atoms with Crippen LogP contribution in [0.15, 0.2) is 0 Å². The van der Waals surface area contributed by atoms with Crippen LogP contribution in [-0.2, 0) is 4.74 Å². The van der Waals surface area contributed by atoms with Gasteiger partial charge in [-0.05, 0) is 6.92 Å². The number of nitrogens with zero attached hydrogens (tertiary/aromatic N) is 1. The van der Waals surface area contributed by atoms with E-state index in [4.69, 9.17) is 4.74 Å². The molecular formula is C8H16N2O. The largest absolute Gasteiger partial charge is 0.378 e. The van der Waals surface area contributed by atoms with Gasteiger partial charge in [-0.15, -0.1) is 0 Å². The molecule has 0 amide bonds. The maximum Gasteiger partial charge on any atom is 0.0635 e. The zero-order valence-electron chi connectivity index (χ0n) is 7.05. The summed E-state index contributed by atoms with van der Waals surface area (Å²) in [6, 6.07) is 1.25. The lowest BCUT2D eigenvalue weighted by molar-refractivity contribution is -0.0515. The van der Waals surface area contributed by atoms with Gasteiger partial charge in [0.25, 0.3) is 0 Å². The molecule has 11 heavy (non-hydrogen) atoms. The van der Waals surface area contributed by atoms with Crippen molar-refractivity contribution in [3.8, 4) is 0 Å². The number of rotatable bonds is 0. The zero-order valence-corrected chi connectivity index (χ0v) is 7.05. The molecule has 3 heteroatoms. The summed E-state index contributed by atoms with van der Waals surface area (Å²) in [5.74, 6) is 0. The Morgan fingerprint density at radius 3 is 3.18 bits per heavy atom. The van der Waals surface area contributed by atoms with Crippen molar-refractivity contribution in [2.75, 3.05) is 32.8 Å². The second-order valence-corrected chi connectivity index (χ2v) is 3.48. The predicted molar refractivity (Wildman–Crippen MR) is 43.6 cm³/mol. The fourth-order valence-electron chi connectivity index (χ4n) is 1.98. The Labute approximate surface area is 67.7 Å². The van der Waals surface area contributed by atoms with Gasteiger partial charge in [-0.25, -0.2) is 0 Å². The van der Waals surface area contributed by atoms with Gasteiger partial charge in [0.15, 0.2) is 0 Å². The zero-order chi connectivity index (χ0) is 7.68. The molecule has 0 aromatic rings. The Kier molecular flexibility index (Phi) is 2.11. The fraction of sp³-hybridized carbons (Fsp3) is 1.00. The third-order valence-electron chi connectivity index (χ3n) is 2.63. The average molecular weight is 156 g/mol. The first-order valence-corrected chi connectivity index (χ1v) is 4.42. The van der Waals surface area contributed by atoms with Crippen LogP contribution in [0.4, 0.5) is 0 Å². The molecule has 2 atom stereocenters. The first kappa shape index (κ1) is 7.53. The summed E-state index contributed by atoms with van der Waals surface area (Å²) >= 11 is 0. The molecule has 2 aliphatic heterocycles. The number of hydrogen-bond acceptors (Lipinski definition) is 3. The van der Waals surface area contributed by atoms with Gasteiger partial charge in [0.1, 0.15) is 0 Å². The topological polar surface area (TPSA) is 24.5 Å². The fourth-order valence-corrected chi connectivity index (χ4v) is 1.98. The van der Waals surface area contributed by atoms with Crippen molar-refractivity contribution in [2.24, 2.45) is 0 Å². The van der Waals surface area contributed by atoms with Gasteiger partial charge in [0, 0.05) is 31.7 Å². The standard InChI is InChI=1S/C8H16N2O/c1-7-5-11-6-8-4-9-2-3-10(7)8/h7-9H,2-6H2,1H3/t7-,8+/m0/s1. The summed E-state index contributed by atoms with van der Waals surface area (Å²) in [4.78, 5) is 2.56. The van der Waals surface area contributed by atoms with Crippen LogP contribution in [0.3, 0.4) is 0 Å². The minimum absolute atomic E-state index is 0.621. The molecule has 3 nitrogen and oxygen atoms in total. The quantitative estimate of drug-likeness (QED) is 0.520. The molecule has 0 spiro atoms. The highest BCUT2D eigenvalue weighted by molar-refractivity contribution is 4.85. The van der Waals surface area contributed by atoms with Gasteiger partial charge < -0.3 is 10.1 Å². The van der Waals surface area contributed by atoms with Crippen LogP contribution in [-0.4, -0.2) is 49.8 Å². The maximum absolute atomic E-state index is 5.47. The van der Waals surface area contributed by atoms with Crippen LogP contribution in [0.5, 0.6) is 0 Å². The van der Waals surface area contributed by atoms with E-state index in [1.54, 1.807) is 0 Å². The van der Waals surface area contributed by atoms with E-state index in [0.29, 0.717) is 12.1 Å². The molecule has 0 radical (unpaired) electrons. The molecule has 0 aromatic carbocycles. The summed E-state index contributed by atoms with van der Waals surface area (Å²) < 4.78 is 5.47. The molecule has 64 valence electrons. The Morgan fingerprint density at radius 1 is 1.45 bits per heavy atom. The minimum atomic E-state index is 0.621. The maximum atomic E-state index is 5.47. The van der Waals surface area contributed by atoms with Crippen LogP contribution in [0.25, 0.3) is 0 Å². The van der Waals surface area contributed by atoms with Crippen molar-refractivity contribution in [1.29, 1.82) is 0 Å². The van der Waals surface area contributed by atoms with Crippen molar-refractivity contribution in [3.05, 3.63) is 0 Å². The first-order chi connectivity index (χ1) is 5.38. The molecule has 2 saturated heterocycles. The normalized spacial score (nSPS) is 40.1. The van der Waals surface area contributed by atoms with Gasteiger partial charge >= 0.3 is 0 Å². The molecule has 2 heterocycles. The van der Waals surface area contributed by atoms with Gasteiger partial charge in [-0.3, -0.25) is 4.90 Å². The van der Waals surface area contributed by atoms with Crippen LogP contribution in [0, 0.1) is 0 Å². The molecule has 0 aromatic heterocycles. The van der Waals surface area contributed by atoms with Crippen molar-refractivity contribution < 1.29 is 4.74 Å². The number of ether oxygens (including phenoxy) is 1. The third kappa shape index (κ3) is 1.41. The van der Waals surface area contributed by atoms with Crippen LogP contribution < -0.4 is 5.32 Å². The van der Waals surface area contributed by atoms with Gasteiger partial charge in [-0.2, -0.15) is 0 Å². The third-order valence-corrected chi connectivity index (χ3v) is 2.63. The summed E-state index contributed by atoms with van der Waals surface area (Å²) in [7, 11) is 0. The van der Waals surface area contributed by atoms with Crippen molar-refractivity contribution in [1.82, 2.24) is 10.2 Å². The molecule has 0 bridgehead atoms. The summed E-state index contributed by atoms with van der Waals surface area (Å²) in [6.07, 6.45) is 0. The van der Waals surface area contributed by atoms with Crippen LogP contribution in [0.2, 0.25) is 0 Å². The molecular weight excluding hydrogens is 140 g/mol. The first-order valence-electron chi connectivity index (χ1n) is 4.42. The number of fused-ring (bicyclic) bond motifs is 1. The lowest BCUT2D eigenvalue weighted by Gasteiger charge is -2.43. The van der Waals surface area contributed by atoms with Crippen molar-refractivity contribution in [3.63, 3.8) is 0 Å². The van der Waals surface area contributed by atoms with Gasteiger partial charge in [0.2, 0.25) is 0 Å². The van der Waals surface area contributed by atoms with E-state index < -0.39 is 0 Å². The molecule has 2 aliphatic rings. The highest BCUT2D eigenvalue weighted by atomic mass is 16.5. The number of hydrogen-bond donors (Lipinski definition) is 1. The highest BCUT2D eigenvalue weighted by Gasteiger charge is 2.29. The molecule has 0 aliphatic carbocycles. The van der Waals surface area contributed by atoms with E-state index in [1.165, 1.54) is 6.54 Å². The lowest BCUT2D eigenvalue weighted by Crippen LogP contribution is -2.60. The lowest BCUT2D eigenvalue weighted by atomic mass is 10.1. The second kappa shape index (κ2) is 3.09. The van der Waals surface area contributed by atoms with E-state index >= 15 is 0 Å². The smallest absolute Gasteiger partial charge is 0.0635 e. The Balaban J connectivity index is 1.99. The number of morpholine rings is 1. The van der Waals surface area contributed by atoms with Crippen LogP contribution in [0.1, 0.15) is 6.92 Å². The van der Waals surface area contributed by atoms with Crippen molar-refractivity contribution in [2.45, 2.75) is 19.0 Å². The molecule has 2 rings (SSSR count). The molecule has 0 unspecified atom stereocenters. The Bertz CT molecular complexity index is 138. The van der Waals surface area contributed by atoms with E-state index in [9.17, 15) is 0 Å². The Hall–Kier alpha value is -0.120. The predicted octanol–water partition coefficient (Wildman–Crippen LogP) is -0.321. The van der Waals surface area contributed by atoms with E-state index in [-0.39, 0.29) is 0 Å². The van der Waals surface area contributed by atoms with Crippen molar-refractivity contribution >= 4 is 0 Å². The highest BCUT2D eigenvalue weighted by Crippen LogP contribution is 2.13. The Morgan fingerprint density at radius 2 is 2.36 bits per heavy atom. The summed E-state index contributed by atoms with van der Waals surface area (Å²) in [5, 5.41) is 3.38. The summed E-state index contributed by atoms with van der Waals surface area (Å²) in [5.41, 5.74) is 0. The number of piperazine rings is 1. The molecule has 0 saturated carbocycles. The molecule has 1 N–H and O–H groups in total. The number of nitrogens with one attached hydrogen (secondary N) is 1. The van der Waals surface area contributed by atoms with E-state index in [0.717, 1.165) is 26.3 Å². The summed E-state index contributed by atoms with van der Waals surface area (Å²) in [6.45, 7) is 7.51. The van der Waals surface area contributed by atoms with Gasteiger partial charge in [-0.1, -0.05) is 0 Å². The molecule has 2 fully saturated rings. The van der Waals surface area contributed by atoms with Crippen LogP contribution >= 0.6 is 0 Å². The van der Waals surface area contributed by atoms with E-state index in [2.05, 4.69) is 17.1 Å². The monoisotopic (exact) mass is 156 g/mol. The minimum Gasteiger partial charge on any atom is -0.378 e. The second-order valence-electron chi connectivity index (χ2n) is 3.48. The SMILES string of the molecule is C[C@H]1COC[C@H]2CNCCN21.